The van der Waals surface area contributed by atoms with Crippen LogP contribution in [0.5, 0.6) is 0 Å². The van der Waals surface area contributed by atoms with E-state index in [9.17, 15) is 0 Å². The third kappa shape index (κ3) is 7.28. The third-order valence-electron chi connectivity index (χ3n) is 3.69. The lowest BCUT2D eigenvalue weighted by Gasteiger charge is -2.11. The molecule has 0 aliphatic heterocycles. The predicted molar refractivity (Wildman–Crippen MR) is 119 cm³/mol. The number of nitrogens with one attached hydrogen (secondary N) is 2. The second kappa shape index (κ2) is 12.3. The van der Waals surface area contributed by atoms with Gasteiger partial charge in [0, 0.05) is 29.7 Å². The molecule has 0 saturated carbocycles. The van der Waals surface area contributed by atoms with Crippen LogP contribution in [0.15, 0.2) is 29.5 Å². The molecule has 1 aromatic carbocycles. The van der Waals surface area contributed by atoms with Crippen LogP contribution in [0.3, 0.4) is 0 Å². The van der Waals surface area contributed by atoms with Crippen LogP contribution in [0.1, 0.15) is 31.7 Å². The van der Waals surface area contributed by atoms with E-state index in [0.717, 1.165) is 49.8 Å². The molecule has 0 spiro atoms. The second-order valence-electron chi connectivity index (χ2n) is 5.49. The molecule has 0 saturated heterocycles. The number of aryl methyl sites for hydroxylation is 2. The molecule has 0 fully saturated rings. The highest BCUT2D eigenvalue weighted by atomic mass is 127. The zero-order valence-electron chi connectivity index (χ0n) is 15.0. The van der Waals surface area contributed by atoms with Crippen molar-refractivity contribution in [2.45, 2.75) is 39.8 Å². The summed E-state index contributed by atoms with van der Waals surface area (Å²) in [5.74, 6) is 1.63. The summed E-state index contributed by atoms with van der Waals surface area (Å²) in [5, 5.41) is 16.0. The molecule has 26 heavy (non-hydrogen) atoms. The Bertz CT molecular complexity index is 704. The number of hydrogen-bond acceptors (Lipinski definition) is 3. The molecule has 2 aromatic rings. The van der Waals surface area contributed by atoms with Crippen molar-refractivity contribution in [3.8, 4) is 0 Å². The van der Waals surface area contributed by atoms with Crippen LogP contribution in [-0.4, -0.2) is 33.8 Å². The number of guanidine groups is 1. The summed E-state index contributed by atoms with van der Waals surface area (Å²) in [6.07, 6.45) is 3.55. The first-order valence-electron chi connectivity index (χ1n) is 8.46. The zero-order chi connectivity index (χ0) is 18.1. The summed E-state index contributed by atoms with van der Waals surface area (Å²) in [6.45, 7) is 7.03. The molecule has 2 N–H and O–H groups in total. The maximum absolute atomic E-state index is 6.20. The maximum Gasteiger partial charge on any atom is 0.191 e. The molecule has 0 amide bonds. The minimum Gasteiger partial charge on any atom is -0.357 e. The minimum atomic E-state index is 0. The zero-order valence-corrected chi connectivity index (χ0v) is 18.8. The van der Waals surface area contributed by atoms with E-state index in [1.165, 1.54) is 0 Å². The predicted octanol–water partition coefficient (Wildman–Crippen LogP) is 3.91. The van der Waals surface area contributed by atoms with Crippen molar-refractivity contribution in [2.75, 3.05) is 13.1 Å². The normalized spacial score (nSPS) is 11.2. The van der Waals surface area contributed by atoms with E-state index in [4.69, 9.17) is 23.2 Å². The van der Waals surface area contributed by atoms with Crippen molar-refractivity contribution in [3.05, 3.63) is 46.0 Å². The van der Waals surface area contributed by atoms with Crippen molar-refractivity contribution in [1.29, 1.82) is 0 Å². The van der Waals surface area contributed by atoms with Crippen molar-refractivity contribution in [1.82, 2.24) is 25.4 Å². The van der Waals surface area contributed by atoms with Crippen molar-refractivity contribution < 1.29 is 0 Å². The summed E-state index contributed by atoms with van der Waals surface area (Å²) >= 11 is 12.1. The van der Waals surface area contributed by atoms with Crippen LogP contribution in [0.2, 0.25) is 10.0 Å². The van der Waals surface area contributed by atoms with Gasteiger partial charge in [-0.15, -0.1) is 34.2 Å². The fourth-order valence-corrected chi connectivity index (χ4v) is 2.87. The lowest BCUT2D eigenvalue weighted by atomic mass is 10.1. The van der Waals surface area contributed by atoms with Crippen molar-refractivity contribution >= 4 is 53.1 Å². The minimum absolute atomic E-state index is 0. The molecule has 1 aromatic heterocycles. The first-order chi connectivity index (χ1) is 12.1. The van der Waals surface area contributed by atoms with Gasteiger partial charge in [0.25, 0.3) is 0 Å². The number of benzene rings is 1. The Hall–Kier alpha value is -1.06. The molecule has 0 unspecified atom stereocenters. The smallest absolute Gasteiger partial charge is 0.191 e. The van der Waals surface area contributed by atoms with E-state index in [2.05, 4.69) is 32.7 Å². The summed E-state index contributed by atoms with van der Waals surface area (Å²) in [4.78, 5) is 4.57. The van der Waals surface area contributed by atoms with E-state index in [1.807, 2.05) is 23.6 Å². The number of aromatic nitrogens is 3. The van der Waals surface area contributed by atoms with Gasteiger partial charge < -0.3 is 15.2 Å². The van der Waals surface area contributed by atoms with Gasteiger partial charge >= 0.3 is 0 Å². The Labute approximate surface area is 181 Å². The van der Waals surface area contributed by atoms with Gasteiger partial charge in [-0.3, -0.25) is 0 Å². The largest absolute Gasteiger partial charge is 0.357 e. The van der Waals surface area contributed by atoms with Crippen LogP contribution < -0.4 is 10.6 Å². The highest BCUT2D eigenvalue weighted by molar-refractivity contribution is 14.0. The Balaban J connectivity index is 0.00000338. The molecule has 0 aliphatic carbocycles. The number of hydrogen-bond donors (Lipinski definition) is 2. The lowest BCUT2D eigenvalue weighted by molar-refractivity contribution is 0.691. The van der Waals surface area contributed by atoms with Gasteiger partial charge in [0.15, 0.2) is 11.8 Å². The Kier molecular flexibility index (Phi) is 10.9. The highest BCUT2D eigenvalue weighted by Crippen LogP contribution is 2.21. The standard InChI is InChI=1S/C17H24Cl2N6.HI/c1-3-20-17(22-11-16-24-23-12-25(16)4-2)21-9-5-6-13-7-8-14(18)10-15(13)19;/h7-8,10,12H,3-6,9,11H2,1-2H3,(H2,20,21,22);1H. The third-order valence-corrected chi connectivity index (χ3v) is 4.28. The average Bonchev–Trinajstić information content (AvgIpc) is 3.05. The van der Waals surface area contributed by atoms with Crippen LogP contribution in [0.4, 0.5) is 0 Å². The van der Waals surface area contributed by atoms with E-state index in [0.29, 0.717) is 16.6 Å². The molecule has 0 radical (unpaired) electrons. The summed E-state index contributed by atoms with van der Waals surface area (Å²) < 4.78 is 1.98. The Morgan fingerprint density at radius 1 is 1.23 bits per heavy atom. The lowest BCUT2D eigenvalue weighted by Crippen LogP contribution is -2.38. The molecule has 2 rings (SSSR count). The van der Waals surface area contributed by atoms with Crippen LogP contribution in [-0.2, 0) is 19.5 Å². The molecule has 6 nitrogen and oxygen atoms in total. The molecule has 0 aliphatic rings. The fraction of sp³-hybridized carbons (Fsp3) is 0.471. The van der Waals surface area contributed by atoms with E-state index >= 15 is 0 Å². The van der Waals surface area contributed by atoms with Gasteiger partial charge in [0.1, 0.15) is 12.9 Å². The molecule has 9 heteroatoms. The summed E-state index contributed by atoms with van der Waals surface area (Å²) in [7, 11) is 0. The van der Waals surface area contributed by atoms with Crippen LogP contribution in [0, 0.1) is 0 Å². The Morgan fingerprint density at radius 3 is 2.73 bits per heavy atom. The first kappa shape index (κ1) is 23.0. The van der Waals surface area contributed by atoms with Gasteiger partial charge in [-0.05, 0) is 44.4 Å². The molecule has 144 valence electrons. The van der Waals surface area contributed by atoms with E-state index in [1.54, 1.807) is 12.4 Å². The topological polar surface area (TPSA) is 67.1 Å². The van der Waals surface area contributed by atoms with Crippen molar-refractivity contribution in [3.63, 3.8) is 0 Å². The maximum atomic E-state index is 6.20. The molecule has 0 bridgehead atoms. The van der Waals surface area contributed by atoms with Gasteiger partial charge in [0.05, 0.1) is 0 Å². The molecule has 1 heterocycles. The first-order valence-corrected chi connectivity index (χ1v) is 9.22. The number of aliphatic imine (C=N–C) groups is 1. The van der Waals surface area contributed by atoms with E-state index < -0.39 is 0 Å². The van der Waals surface area contributed by atoms with Crippen molar-refractivity contribution in [2.24, 2.45) is 4.99 Å². The number of nitrogens with zero attached hydrogens (tertiary/aromatic N) is 4. The SMILES string of the molecule is CCNC(=NCc1nncn1CC)NCCCc1ccc(Cl)cc1Cl.I. The van der Waals surface area contributed by atoms with Crippen LogP contribution >= 0.6 is 47.2 Å². The van der Waals surface area contributed by atoms with E-state index in [-0.39, 0.29) is 24.0 Å². The van der Waals surface area contributed by atoms with Gasteiger partial charge in [-0.1, -0.05) is 29.3 Å². The number of rotatable bonds is 8. The number of halogens is 3. The monoisotopic (exact) mass is 510 g/mol. The second-order valence-corrected chi connectivity index (χ2v) is 6.34. The van der Waals surface area contributed by atoms with Gasteiger partial charge in [0.2, 0.25) is 0 Å². The Morgan fingerprint density at radius 2 is 2.04 bits per heavy atom. The average molecular weight is 511 g/mol. The summed E-state index contributed by atoms with van der Waals surface area (Å²) in [6, 6.07) is 5.62. The molecular formula is C17H25Cl2IN6. The fourth-order valence-electron chi connectivity index (χ4n) is 2.37. The highest BCUT2D eigenvalue weighted by Gasteiger charge is 2.04. The quantitative estimate of drug-likeness (QED) is 0.244. The summed E-state index contributed by atoms with van der Waals surface area (Å²) in [5.41, 5.74) is 1.10. The molecule has 0 atom stereocenters. The molecular weight excluding hydrogens is 486 g/mol. The van der Waals surface area contributed by atoms with Gasteiger partial charge in [-0.2, -0.15) is 0 Å². The van der Waals surface area contributed by atoms with Crippen LogP contribution in [0.25, 0.3) is 0 Å². The van der Waals surface area contributed by atoms with Gasteiger partial charge in [-0.25, -0.2) is 4.99 Å².